The molecule has 0 spiro atoms. The van der Waals surface area contributed by atoms with E-state index in [-0.39, 0.29) is 5.75 Å². The average molecular weight is 255 g/mol. The van der Waals surface area contributed by atoms with Crippen LogP contribution in [0.4, 0.5) is 0 Å². The third kappa shape index (κ3) is 3.01. The van der Waals surface area contributed by atoms with Crippen LogP contribution in [-0.2, 0) is 35.0 Å². The van der Waals surface area contributed by atoms with Crippen molar-refractivity contribution < 1.29 is 8.42 Å². The molecule has 1 N–H and O–H groups in total. The van der Waals surface area contributed by atoms with Crippen LogP contribution in [0, 0.1) is 0 Å². The Morgan fingerprint density at radius 2 is 2.12 bits per heavy atom. The molecule has 1 aliphatic rings. The molecule has 0 bridgehead atoms. The van der Waals surface area contributed by atoms with Gasteiger partial charge in [0.25, 0.3) is 0 Å². The van der Waals surface area contributed by atoms with Crippen LogP contribution < -0.4 is 5.32 Å². The Hall–Kier alpha value is -1.01. The molecule has 0 aliphatic carbocycles. The van der Waals surface area contributed by atoms with Crippen molar-refractivity contribution in [3.05, 3.63) is 22.8 Å². The van der Waals surface area contributed by atoms with Crippen LogP contribution >= 0.6 is 0 Å². The molecule has 6 heteroatoms. The molecule has 0 aromatic carbocycles. The minimum Gasteiger partial charge on any atom is -0.312 e. The van der Waals surface area contributed by atoms with Gasteiger partial charge in [-0.15, -0.1) is 0 Å². The molecule has 0 atom stereocenters. The van der Waals surface area contributed by atoms with Gasteiger partial charge in [-0.1, -0.05) is 6.92 Å². The fourth-order valence-corrected chi connectivity index (χ4v) is 2.66. The van der Waals surface area contributed by atoms with Crippen molar-refractivity contribution in [1.82, 2.24) is 15.3 Å². The molecule has 2 rings (SSSR count). The van der Waals surface area contributed by atoms with E-state index in [9.17, 15) is 8.42 Å². The van der Waals surface area contributed by atoms with Gasteiger partial charge in [-0.05, 0) is 6.42 Å². The number of hydrogen-bond acceptors (Lipinski definition) is 5. The molecular weight excluding hydrogens is 238 g/mol. The summed E-state index contributed by atoms with van der Waals surface area (Å²) in [5, 5.41) is 3.29. The van der Waals surface area contributed by atoms with Crippen LogP contribution in [0.25, 0.3) is 0 Å². The van der Waals surface area contributed by atoms with E-state index in [1.807, 2.05) is 6.92 Å². The van der Waals surface area contributed by atoms with Crippen molar-refractivity contribution in [3.8, 4) is 0 Å². The molecule has 0 radical (unpaired) electrons. The highest BCUT2D eigenvalue weighted by Gasteiger charge is 2.18. The summed E-state index contributed by atoms with van der Waals surface area (Å²) >= 11 is 0. The van der Waals surface area contributed by atoms with Crippen LogP contribution in [0.15, 0.2) is 0 Å². The third-order valence-electron chi connectivity index (χ3n) is 2.79. The Kier molecular flexibility index (Phi) is 3.44. The number of aromatic nitrogens is 2. The van der Waals surface area contributed by atoms with Gasteiger partial charge < -0.3 is 5.32 Å². The van der Waals surface area contributed by atoms with Crippen LogP contribution in [0.1, 0.15) is 29.7 Å². The first-order chi connectivity index (χ1) is 7.99. The Balaban J connectivity index is 2.42. The van der Waals surface area contributed by atoms with Crippen LogP contribution in [0.2, 0.25) is 0 Å². The fourth-order valence-electron chi connectivity index (χ4n) is 2.06. The zero-order valence-electron chi connectivity index (χ0n) is 10.2. The lowest BCUT2D eigenvalue weighted by Gasteiger charge is -2.19. The summed E-state index contributed by atoms with van der Waals surface area (Å²) in [6.07, 6.45) is 2.87. The van der Waals surface area contributed by atoms with Crippen molar-refractivity contribution in [2.24, 2.45) is 0 Å². The van der Waals surface area contributed by atoms with Gasteiger partial charge in [-0.2, -0.15) is 0 Å². The molecular formula is C11H17N3O2S. The minimum absolute atomic E-state index is 0.0687. The lowest BCUT2D eigenvalue weighted by Crippen LogP contribution is -2.27. The van der Waals surface area contributed by atoms with Crippen LogP contribution in [-0.4, -0.2) is 31.2 Å². The molecule has 0 saturated carbocycles. The molecule has 1 aromatic rings. The second-order valence-electron chi connectivity index (χ2n) is 4.36. The summed E-state index contributed by atoms with van der Waals surface area (Å²) in [5.74, 6) is 0.366. The molecule has 2 heterocycles. The normalized spacial score (nSPS) is 15.6. The first-order valence-corrected chi connectivity index (χ1v) is 7.81. The molecule has 0 fully saturated rings. The number of rotatable bonds is 3. The lowest BCUT2D eigenvalue weighted by atomic mass is 10.0. The predicted octanol–water partition coefficient (Wildman–Crippen LogP) is 0.229. The maximum Gasteiger partial charge on any atom is 0.154 e. The first kappa shape index (κ1) is 12.4. The highest BCUT2D eigenvalue weighted by molar-refractivity contribution is 7.89. The van der Waals surface area contributed by atoms with E-state index in [1.165, 1.54) is 6.26 Å². The van der Waals surface area contributed by atoms with Crippen molar-refractivity contribution in [2.45, 2.75) is 32.1 Å². The van der Waals surface area contributed by atoms with Crippen molar-refractivity contribution in [1.29, 1.82) is 0 Å². The standard InChI is InChI=1S/C11H17N3O2S/c1-3-9-8-6-12-5-4-10(8)14-11(13-9)7-17(2,15)16/h12H,3-7H2,1-2H3. The van der Waals surface area contributed by atoms with Gasteiger partial charge >= 0.3 is 0 Å². The number of nitrogens with one attached hydrogen (secondary N) is 1. The molecule has 0 unspecified atom stereocenters. The molecule has 94 valence electrons. The molecule has 1 aliphatic heterocycles. The number of fused-ring (bicyclic) bond motifs is 1. The summed E-state index contributed by atoms with van der Waals surface area (Å²) in [5.41, 5.74) is 3.13. The number of sulfone groups is 1. The molecule has 17 heavy (non-hydrogen) atoms. The maximum atomic E-state index is 11.3. The van der Waals surface area contributed by atoms with E-state index in [1.54, 1.807) is 0 Å². The largest absolute Gasteiger partial charge is 0.312 e. The number of aryl methyl sites for hydroxylation is 1. The Bertz CT molecular complexity index is 509. The van der Waals surface area contributed by atoms with Crippen LogP contribution in [0.3, 0.4) is 0 Å². The minimum atomic E-state index is -3.07. The van der Waals surface area contributed by atoms with E-state index in [0.717, 1.165) is 42.9 Å². The smallest absolute Gasteiger partial charge is 0.154 e. The summed E-state index contributed by atoms with van der Waals surface area (Å²) in [4.78, 5) is 8.74. The molecule has 0 amide bonds. The van der Waals surface area contributed by atoms with E-state index in [2.05, 4.69) is 15.3 Å². The Labute approximate surface area is 102 Å². The van der Waals surface area contributed by atoms with Gasteiger partial charge in [0.15, 0.2) is 9.84 Å². The molecule has 5 nitrogen and oxygen atoms in total. The molecule has 1 aromatic heterocycles. The lowest BCUT2D eigenvalue weighted by molar-refractivity contribution is 0.595. The Morgan fingerprint density at radius 3 is 2.76 bits per heavy atom. The summed E-state index contributed by atoms with van der Waals surface area (Å²) < 4.78 is 22.6. The highest BCUT2D eigenvalue weighted by Crippen LogP contribution is 2.17. The quantitative estimate of drug-likeness (QED) is 0.837. The van der Waals surface area contributed by atoms with Gasteiger partial charge in [0.1, 0.15) is 11.6 Å². The van der Waals surface area contributed by atoms with E-state index in [0.29, 0.717) is 5.82 Å². The Morgan fingerprint density at radius 1 is 1.35 bits per heavy atom. The van der Waals surface area contributed by atoms with E-state index >= 15 is 0 Å². The predicted molar refractivity (Wildman–Crippen MR) is 65.4 cm³/mol. The topological polar surface area (TPSA) is 72.0 Å². The monoisotopic (exact) mass is 255 g/mol. The van der Waals surface area contributed by atoms with Crippen molar-refractivity contribution >= 4 is 9.84 Å². The van der Waals surface area contributed by atoms with Crippen LogP contribution in [0.5, 0.6) is 0 Å². The molecule has 0 saturated heterocycles. The van der Waals surface area contributed by atoms with Crippen molar-refractivity contribution in [2.75, 3.05) is 12.8 Å². The maximum absolute atomic E-state index is 11.3. The zero-order valence-corrected chi connectivity index (χ0v) is 11.0. The number of hydrogen-bond donors (Lipinski definition) is 1. The second kappa shape index (κ2) is 4.70. The zero-order chi connectivity index (χ0) is 12.5. The fraction of sp³-hybridized carbons (Fsp3) is 0.636. The SMILES string of the molecule is CCc1nc(CS(C)(=O)=O)nc2c1CNCC2. The van der Waals surface area contributed by atoms with Crippen molar-refractivity contribution in [3.63, 3.8) is 0 Å². The van der Waals surface area contributed by atoms with Gasteiger partial charge in [-0.3, -0.25) is 0 Å². The second-order valence-corrected chi connectivity index (χ2v) is 6.50. The van der Waals surface area contributed by atoms with Gasteiger partial charge in [0.05, 0.1) is 5.69 Å². The summed E-state index contributed by atoms with van der Waals surface area (Å²) in [6.45, 7) is 3.71. The van der Waals surface area contributed by atoms with E-state index in [4.69, 9.17) is 0 Å². The first-order valence-electron chi connectivity index (χ1n) is 5.75. The van der Waals surface area contributed by atoms with Gasteiger partial charge in [0.2, 0.25) is 0 Å². The highest BCUT2D eigenvalue weighted by atomic mass is 32.2. The average Bonchev–Trinajstić information content (AvgIpc) is 2.25. The van der Waals surface area contributed by atoms with Gasteiger partial charge in [0, 0.05) is 37.0 Å². The van der Waals surface area contributed by atoms with Gasteiger partial charge in [-0.25, -0.2) is 18.4 Å². The summed E-state index contributed by atoms with van der Waals surface area (Å²) in [6, 6.07) is 0. The van der Waals surface area contributed by atoms with E-state index < -0.39 is 9.84 Å². The summed E-state index contributed by atoms with van der Waals surface area (Å²) in [7, 11) is -3.07. The third-order valence-corrected chi connectivity index (χ3v) is 3.57. The number of nitrogens with zero attached hydrogens (tertiary/aromatic N) is 2.